The largest absolute Gasteiger partial charge is 0.311 e. The molecule has 0 saturated carbocycles. The molecule has 0 amide bonds. The topological polar surface area (TPSA) is 22.0 Å². The summed E-state index contributed by atoms with van der Waals surface area (Å²) in [6, 6.07) is 2.88. The summed E-state index contributed by atoms with van der Waals surface area (Å²) < 4.78 is 15.2. The van der Waals surface area contributed by atoms with Gasteiger partial charge in [-0.15, -0.1) is 0 Å². The number of aryl methyl sites for hydroxylation is 1. The number of halogens is 3. The Hall–Kier alpha value is -0.870. The SMILES string of the molecule is Cc1c(Cl)c2cc(F)c(Br)cc2n(C)c1=O. The van der Waals surface area contributed by atoms with Crippen LogP contribution in [0.4, 0.5) is 4.39 Å². The average Bonchev–Trinajstić information content (AvgIpc) is 2.26. The van der Waals surface area contributed by atoms with Gasteiger partial charge in [-0.1, -0.05) is 11.6 Å². The zero-order chi connectivity index (χ0) is 12.0. The van der Waals surface area contributed by atoms with E-state index in [9.17, 15) is 9.18 Å². The quantitative estimate of drug-likeness (QED) is 0.731. The van der Waals surface area contributed by atoms with Crippen molar-refractivity contribution in [1.29, 1.82) is 0 Å². The van der Waals surface area contributed by atoms with Crippen molar-refractivity contribution in [1.82, 2.24) is 4.57 Å². The second-order valence-electron chi connectivity index (χ2n) is 3.59. The molecule has 16 heavy (non-hydrogen) atoms. The lowest BCUT2D eigenvalue weighted by atomic mass is 10.1. The highest BCUT2D eigenvalue weighted by Gasteiger charge is 2.12. The van der Waals surface area contributed by atoms with E-state index < -0.39 is 5.82 Å². The van der Waals surface area contributed by atoms with Gasteiger partial charge >= 0.3 is 0 Å². The summed E-state index contributed by atoms with van der Waals surface area (Å²) in [6.07, 6.45) is 0. The van der Waals surface area contributed by atoms with Crippen LogP contribution in [0.15, 0.2) is 21.4 Å². The van der Waals surface area contributed by atoms with E-state index in [-0.39, 0.29) is 5.56 Å². The summed E-state index contributed by atoms with van der Waals surface area (Å²) in [7, 11) is 1.64. The number of aromatic nitrogens is 1. The van der Waals surface area contributed by atoms with Crippen molar-refractivity contribution >= 4 is 38.4 Å². The van der Waals surface area contributed by atoms with E-state index in [0.717, 1.165) is 0 Å². The van der Waals surface area contributed by atoms with Crippen LogP contribution in [-0.4, -0.2) is 4.57 Å². The van der Waals surface area contributed by atoms with Crippen molar-refractivity contribution < 1.29 is 4.39 Å². The lowest BCUT2D eigenvalue weighted by Gasteiger charge is -2.10. The summed E-state index contributed by atoms with van der Waals surface area (Å²) in [5.74, 6) is -0.396. The summed E-state index contributed by atoms with van der Waals surface area (Å²) in [4.78, 5) is 11.8. The van der Waals surface area contributed by atoms with Gasteiger partial charge in [0.25, 0.3) is 5.56 Å². The van der Waals surface area contributed by atoms with E-state index in [1.807, 2.05) is 0 Å². The molecule has 0 fully saturated rings. The fourth-order valence-corrected chi connectivity index (χ4v) is 2.21. The third kappa shape index (κ3) is 1.57. The van der Waals surface area contributed by atoms with Crippen molar-refractivity contribution in [2.45, 2.75) is 6.92 Å². The summed E-state index contributed by atoms with van der Waals surface area (Å²) >= 11 is 9.12. The normalized spacial score (nSPS) is 11.1. The Labute approximate surface area is 105 Å². The van der Waals surface area contributed by atoms with Crippen LogP contribution in [0.25, 0.3) is 10.9 Å². The predicted molar refractivity (Wildman–Crippen MR) is 66.6 cm³/mol. The smallest absolute Gasteiger partial charge is 0.255 e. The lowest BCUT2D eigenvalue weighted by molar-refractivity contribution is 0.622. The molecule has 5 heteroatoms. The van der Waals surface area contributed by atoms with Gasteiger partial charge in [-0.2, -0.15) is 0 Å². The maximum atomic E-state index is 13.4. The Morgan fingerprint density at radius 2 is 2.06 bits per heavy atom. The van der Waals surface area contributed by atoms with Crippen LogP contribution in [0.2, 0.25) is 5.02 Å². The molecule has 2 nitrogen and oxygen atoms in total. The molecular formula is C11H8BrClFNO. The molecule has 0 spiro atoms. The number of pyridine rings is 1. The van der Waals surface area contributed by atoms with Crippen molar-refractivity contribution in [2.75, 3.05) is 0 Å². The van der Waals surface area contributed by atoms with Crippen LogP contribution >= 0.6 is 27.5 Å². The molecule has 0 radical (unpaired) electrons. The number of nitrogens with zero attached hydrogens (tertiary/aromatic N) is 1. The number of hydrogen-bond donors (Lipinski definition) is 0. The average molecular weight is 305 g/mol. The molecule has 1 heterocycles. The van der Waals surface area contributed by atoms with Gasteiger partial charge in [-0.05, 0) is 35.0 Å². The highest BCUT2D eigenvalue weighted by Crippen LogP contribution is 2.28. The van der Waals surface area contributed by atoms with Gasteiger partial charge in [0, 0.05) is 18.0 Å². The van der Waals surface area contributed by atoms with Gasteiger partial charge in [0.05, 0.1) is 15.0 Å². The first kappa shape index (κ1) is 11.6. The molecule has 1 aromatic carbocycles. The molecule has 2 aromatic rings. The molecule has 0 aliphatic carbocycles. The first-order valence-electron chi connectivity index (χ1n) is 4.57. The van der Waals surface area contributed by atoms with Crippen molar-refractivity contribution in [3.8, 4) is 0 Å². The Morgan fingerprint density at radius 3 is 2.69 bits per heavy atom. The molecule has 0 aliphatic rings. The molecule has 0 aliphatic heterocycles. The Bertz CT molecular complexity index is 651. The fraction of sp³-hybridized carbons (Fsp3) is 0.182. The van der Waals surface area contributed by atoms with Gasteiger partial charge in [0.2, 0.25) is 0 Å². The predicted octanol–water partition coefficient (Wildman–Crippen LogP) is 3.40. The van der Waals surface area contributed by atoms with Gasteiger partial charge in [0.15, 0.2) is 0 Å². The molecule has 0 saturated heterocycles. The minimum Gasteiger partial charge on any atom is -0.311 e. The van der Waals surface area contributed by atoms with Gasteiger partial charge in [0.1, 0.15) is 5.82 Å². The van der Waals surface area contributed by atoms with Crippen LogP contribution in [-0.2, 0) is 7.05 Å². The van der Waals surface area contributed by atoms with Gasteiger partial charge < -0.3 is 4.57 Å². The van der Waals surface area contributed by atoms with E-state index in [2.05, 4.69) is 15.9 Å². The summed E-state index contributed by atoms with van der Waals surface area (Å²) in [5.41, 5.74) is 0.864. The Morgan fingerprint density at radius 1 is 1.44 bits per heavy atom. The van der Waals surface area contributed by atoms with E-state index in [4.69, 9.17) is 11.6 Å². The maximum Gasteiger partial charge on any atom is 0.255 e. The standard InChI is InChI=1S/C11H8BrClFNO/c1-5-10(13)6-3-8(14)7(12)4-9(6)15(2)11(5)16/h3-4H,1-2H3. The minimum absolute atomic E-state index is 0.170. The highest BCUT2D eigenvalue weighted by atomic mass is 79.9. The van der Waals surface area contributed by atoms with Crippen LogP contribution in [0.1, 0.15) is 5.56 Å². The number of hydrogen-bond acceptors (Lipinski definition) is 1. The number of benzene rings is 1. The van der Waals surface area contributed by atoms with Gasteiger partial charge in [-0.25, -0.2) is 4.39 Å². The zero-order valence-corrected chi connectivity index (χ0v) is 11.0. The molecule has 2 rings (SSSR count). The molecule has 0 unspecified atom stereocenters. The Kier molecular flexibility index (Phi) is 2.80. The van der Waals surface area contributed by atoms with E-state index in [1.165, 1.54) is 10.6 Å². The van der Waals surface area contributed by atoms with E-state index in [0.29, 0.717) is 26.0 Å². The monoisotopic (exact) mass is 303 g/mol. The summed E-state index contributed by atoms with van der Waals surface area (Å²) in [6.45, 7) is 1.63. The van der Waals surface area contributed by atoms with Crippen LogP contribution in [0, 0.1) is 12.7 Å². The second kappa shape index (κ2) is 3.86. The van der Waals surface area contributed by atoms with Crippen LogP contribution < -0.4 is 5.56 Å². The molecular weight excluding hydrogens is 296 g/mol. The lowest BCUT2D eigenvalue weighted by Crippen LogP contribution is -2.20. The van der Waals surface area contributed by atoms with Crippen molar-refractivity contribution in [3.63, 3.8) is 0 Å². The first-order chi connectivity index (χ1) is 7.43. The van der Waals surface area contributed by atoms with Crippen molar-refractivity contribution in [2.24, 2.45) is 7.05 Å². The number of rotatable bonds is 0. The van der Waals surface area contributed by atoms with Crippen LogP contribution in [0.5, 0.6) is 0 Å². The number of fused-ring (bicyclic) bond motifs is 1. The van der Waals surface area contributed by atoms with E-state index >= 15 is 0 Å². The third-order valence-electron chi connectivity index (χ3n) is 2.59. The highest BCUT2D eigenvalue weighted by molar-refractivity contribution is 9.10. The maximum absolute atomic E-state index is 13.4. The zero-order valence-electron chi connectivity index (χ0n) is 8.64. The van der Waals surface area contributed by atoms with Crippen molar-refractivity contribution in [3.05, 3.63) is 43.4 Å². The molecule has 84 valence electrons. The molecule has 1 aromatic heterocycles. The molecule has 0 atom stereocenters. The summed E-state index contributed by atoms with van der Waals surface area (Å²) in [5, 5.41) is 0.853. The molecule has 0 bridgehead atoms. The fourth-order valence-electron chi connectivity index (χ4n) is 1.65. The van der Waals surface area contributed by atoms with Gasteiger partial charge in [-0.3, -0.25) is 4.79 Å². The Balaban J connectivity index is 3.09. The second-order valence-corrected chi connectivity index (χ2v) is 4.82. The molecule has 0 N–H and O–H groups in total. The first-order valence-corrected chi connectivity index (χ1v) is 5.74. The minimum atomic E-state index is -0.396. The van der Waals surface area contributed by atoms with E-state index in [1.54, 1.807) is 20.0 Å². The third-order valence-corrected chi connectivity index (χ3v) is 3.69. The van der Waals surface area contributed by atoms with Crippen LogP contribution in [0.3, 0.4) is 0 Å².